The van der Waals surface area contributed by atoms with Crippen molar-refractivity contribution in [2.24, 2.45) is 0 Å². The summed E-state index contributed by atoms with van der Waals surface area (Å²) in [4.78, 5) is 0. The number of alkyl halides is 18. The van der Waals surface area contributed by atoms with Crippen LogP contribution in [0.5, 0.6) is 0 Å². The fourth-order valence-corrected chi connectivity index (χ4v) is 1.34. The standard InChI is InChI=1S/C8F18/c9-1(6(18,19)20,2(10,11)4(14,15)7(21,22)23)3(12,13)5(16,17)8(24,25)26. The van der Waals surface area contributed by atoms with Crippen molar-refractivity contribution in [2.75, 3.05) is 0 Å². The van der Waals surface area contributed by atoms with Crippen molar-refractivity contribution in [2.45, 2.75) is 47.9 Å². The molecule has 0 aromatic rings. The molecule has 0 aliphatic heterocycles. The maximum Gasteiger partial charge on any atom is 0.460 e. The summed E-state index contributed by atoms with van der Waals surface area (Å²) in [6.07, 6.45) is -24.4. The molecule has 0 fully saturated rings. The summed E-state index contributed by atoms with van der Waals surface area (Å²) >= 11 is 0. The highest BCUT2D eigenvalue weighted by molar-refractivity contribution is 5.19. The molecule has 0 saturated carbocycles. The van der Waals surface area contributed by atoms with Crippen molar-refractivity contribution in [3.8, 4) is 0 Å². The van der Waals surface area contributed by atoms with Gasteiger partial charge in [-0.15, -0.1) is 0 Å². The van der Waals surface area contributed by atoms with E-state index < -0.39 is 47.9 Å². The van der Waals surface area contributed by atoms with Gasteiger partial charge in [-0.05, 0) is 0 Å². The first-order valence-corrected chi connectivity index (χ1v) is 5.15. The summed E-state index contributed by atoms with van der Waals surface area (Å²) in [5.41, 5.74) is -8.99. The summed E-state index contributed by atoms with van der Waals surface area (Å²) in [5, 5.41) is 0. The number of rotatable bonds is 4. The van der Waals surface area contributed by atoms with Gasteiger partial charge in [-0.1, -0.05) is 0 Å². The largest absolute Gasteiger partial charge is 0.460 e. The summed E-state index contributed by atoms with van der Waals surface area (Å²) in [6, 6.07) is 0. The quantitative estimate of drug-likeness (QED) is 0.478. The lowest BCUT2D eigenvalue weighted by molar-refractivity contribution is -0.475. The maximum atomic E-state index is 13.3. The van der Waals surface area contributed by atoms with Crippen LogP contribution in [0.1, 0.15) is 0 Å². The van der Waals surface area contributed by atoms with E-state index in [0.29, 0.717) is 0 Å². The first-order chi connectivity index (χ1) is 10.8. The SMILES string of the molecule is FC(F)(F)C(F)(F)C(F)(F)C(F)(C(F)(F)F)C(F)(F)C(F)(F)C(F)(F)F. The predicted molar refractivity (Wildman–Crippen MR) is 41.8 cm³/mol. The first kappa shape index (κ1) is 24.7. The summed E-state index contributed by atoms with van der Waals surface area (Å²) in [7, 11) is 0. The Labute approximate surface area is 128 Å². The molecule has 0 heterocycles. The molecule has 0 aliphatic rings. The van der Waals surface area contributed by atoms with Crippen LogP contribution in [0.2, 0.25) is 0 Å². The Morgan fingerprint density at radius 2 is 0.423 bits per heavy atom. The van der Waals surface area contributed by atoms with Crippen molar-refractivity contribution in [1.29, 1.82) is 0 Å². The van der Waals surface area contributed by atoms with Crippen molar-refractivity contribution < 1.29 is 79.0 Å². The lowest BCUT2D eigenvalue weighted by atomic mass is 9.82. The van der Waals surface area contributed by atoms with Crippen LogP contribution >= 0.6 is 0 Å². The van der Waals surface area contributed by atoms with E-state index in [2.05, 4.69) is 0 Å². The lowest BCUT2D eigenvalue weighted by Gasteiger charge is -2.44. The van der Waals surface area contributed by atoms with Crippen LogP contribution in [0, 0.1) is 0 Å². The predicted octanol–water partition coefficient (Wildman–Crippen LogP) is 5.92. The van der Waals surface area contributed by atoms with Crippen LogP contribution in [-0.2, 0) is 0 Å². The fourth-order valence-electron chi connectivity index (χ4n) is 1.34. The van der Waals surface area contributed by atoms with E-state index >= 15 is 0 Å². The second-order valence-electron chi connectivity index (χ2n) is 4.45. The third kappa shape index (κ3) is 2.82. The fraction of sp³-hybridized carbons (Fsp3) is 1.00. The van der Waals surface area contributed by atoms with E-state index in [0.717, 1.165) is 0 Å². The van der Waals surface area contributed by atoms with Gasteiger partial charge in [-0.3, -0.25) is 0 Å². The molecule has 26 heavy (non-hydrogen) atoms. The maximum absolute atomic E-state index is 13.3. The summed E-state index contributed by atoms with van der Waals surface area (Å²) in [5.74, 6) is -34.6. The van der Waals surface area contributed by atoms with Crippen LogP contribution in [0.15, 0.2) is 0 Å². The topological polar surface area (TPSA) is 0 Å². The highest BCUT2D eigenvalue weighted by atomic mass is 19.4. The van der Waals surface area contributed by atoms with E-state index in [1.165, 1.54) is 0 Å². The second-order valence-corrected chi connectivity index (χ2v) is 4.45. The molecule has 0 nitrogen and oxygen atoms in total. The zero-order chi connectivity index (χ0) is 22.0. The highest BCUT2D eigenvalue weighted by Gasteiger charge is 2.98. The molecule has 0 amide bonds. The van der Waals surface area contributed by atoms with Gasteiger partial charge in [0.15, 0.2) is 0 Å². The Balaban J connectivity index is 7.09. The monoisotopic (exact) mass is 438 g/mol. The molecule has 0 bridgehead atoms. The van der Waals surface area contributed by atoms with Gasteiger partial charge < -0.3 is 0 Å². The minimum atomic E-state index is -8.99. The van der Waals surface area contributed by atoms with Crippen molar-refractivity contribution in [3.05, 3.63) is 0 Å². The number of hydrogen-bond donors (Lipinski definition) is 0. The van der Waals surface area contributed by atoms with Crippen LogP contribution in [-0.4, -0.2) is 47.9 Å². The molecule has 0 aromatic heterocycles. The smallest absolute Gasteiger partial charge is 0.219 e. The van der Waals surface area contributed by atoms with Gasteiger partial charge in [0.25, 0.3) is 0 Å². The van der Waals surface area contributed by atoms with E-state index in [4.69, 9.17) is 0 Å². The average Bonchev–Trinajstić information content (AvgIpc) is 2.32. The molecule has 0 aliphatic carbocycles. The Kier molecular flexibility index (Phi) is 5.35. The summed E-state index contributed by atoms with van der Waals surface area (Å²) < 4.78 is 222. The summed E-state index contributed by atoms with van der Waals surface area (Å²) in [6.45, 7) is 0. The van der Waals surface area contributed by atoms with Crippen LogP contribution < -0.4 is 0 Å². The molecular weight excluding hydrogens is 438 g/mol. The second kappa shape index (κ2) is 5.62. The van der Waals surface area contributed by atoms with E-state index in [9.17, 15) is 79.0 Å². The van der Waals surface area contributed by atoms with Gasteiger partial charge in [0.05, 0.1) is 0 Å². The van der Waals surface area contributed by atoms with Gasteiger partial charge >= 0.3 is 47.9 Å². The van der Waals surface area contributed by atoms with Crippen molar-refractivity contribution >= 4 is 0 Å². The van der Waals surface area contributed by atoms with Gasteiger partial charge in [0.1, 0.15) is 0 Å². The Morgan fingerprint density at radius 1 is 0.231 bits per heavy atom. The van der Waals surface area contributed by atoms with Crippen LogP contribution in [0.4, 0.5) is 79.0 Å². The molecule has 0 atom stereocenters. The molecule has 0 N–H and O–H groups in total. The highest BCUT2D eigenvalue weighted by Crippen LogP contribution is 2.66. The number of hydrogen-bond acceptors (Lipinski definition) is 0. The molecule has 0 aromatic carbocycles. The number of halogens is 18. The minimum Gasteiger partial charge on any atom is -0.219 e. The van der Waals surface area contributed by atoms with E-state index in [-0.39, 0.29) is 0 Å². The normalized spacial score (nSPS) is 16.8. The molecule has 0 unspecified atom stereocenters. The molecule has 0 spiro atoms. The Hall–Kier alpha value is -1.26. The van der Waals surface area contributed by atoms with Gasteiger partial charge in [0.2, 0.25) is 0 Å². The molecule has 18 heteroatoms. The first-order valence-electron chi connectivity index (χ1n) is 5.15. The Bertz CT molecular complexity index is 475. The molecule has 0 rings (SSSR count). The average molecular weight is 438 g/mol. The van der Waals surface area contributed by atoms with Gasteiger partial charge in [-0.25, -0.2) is 4.39 Å². The lowest BCUT2D eigenvalue weighted by Crippen LogP contribution is -2.78. The Morgan fingerprint density at radius 3 is 0.538 bits per heavy atom. The third-order valence-electron chi connectivity index (χ3n) is 2.76. The van der Waals surface area contributed by atoms with Crippen LogP contribution in [0.3, 0.4) is 0 Å². The van der Waals surface area contributed by atoms with Gasteiger partial charge in [0, 0.05) is 0 Å². The molecule has 158 valence electrons. The zero-order valence-corrected chi connectivity index (χ0v) is 10.8. The minimum absolute atomic E-state index is 7.96. The van der Waals surface area contributed by atoms with Gasteiger partial charge in [-0.2, -0.15) is 74.6 Å². The van der Waals surface area contributed by atoms with Crippen LogP contribution in [0.25, 0.3) is 0 Å². The van der Waals surface area contributed by atoms with Crippen molar-refractivity contribution in [1.82, 2.24) is 0 Å². The third-order valence-corrected chi connectivity index (χ3v) is 2.76. The molecular formula is C8F18. The van der Waals surface area contributed by atoms with Crippen molar-refractivity contribution in [3.63, 3.8) is 0 Å². The van der Waals surface area contributed by atoms with E-state index in [1.807, 2.05) is 0 Å². The van der Waals surface area contributed by atoms with E-state index in [1.54, 1.807) is 0 Å². The molecule has 0 radical (unpaired) electrons. The zero-order valence-electron chi connectivity index (χ0n) is 10.8. The molecule has 0 saturated heterocycles.